The molecule has 3 aromatic rings. The smallest absolute Gasteiger partial charge is 0.0490 e. The molecule has 0 atom stereocenters. The van der Waals surface area contributed by atoms with Crippen LogP contribution in [0.1, 0.15) is 11.3 Å². The fourth-order valence-electron chi connectivity index (χ4n) is 2.06. The van der Waals surface area contributed by atoms with Crippen LogP contribution in [-0.4, -0.2) is 15.2 Å². The van der Waals surface area contributed by atoms with Crippen LogP contribution in [0.15, 0.2) is 48.9 Å². The quantitative estimate of drug-likeness (QED) is 0.733. The zero-order valence-corrected chi connectivity index (χ0v) is 9.93. The molecule has 4 heteroatoms. The third-order valence-corrected chi connectivity index (χ3v) is 2.96. The zero-order valence-electron chi connectivity index (χ0n) is 9.93. The number of nitrogens with one attached hydrogen (secondary N) is 2. The van der Waals surface area contributed by atoms with Crippen LogP contribution in [0, 0.1) is 0 Å². The standard InChI is InChI=1S/C14H14N4/c1-2-11-8-15-6-5-14(11)12(3-1)9-16-10-13-4-7-17-18-13/h1-8,16H,9-10H2,(H,17,18). The van der Waals surface area contributed by atoms with Gasteiger partial charge in [0.25, 0.3) is 0 Å². The van der Waals surface area contributed by atoms with Crippen LogP contribution in [0.4, 0.5) is 0 Å². The summed E-state index contributed by atoms with van der Waals surface area (Å²) in [5, 5.41) is 12.7. The number of hydrogen-bond donors (Lipinski definition) is 2. The molecule has 0 unspecified atom stereocenters. The van der Waals surface area contributed by atoms with Gasteiger partial charge in [0, 0.05) is 42.8 Å². The van der Waals surface area contributed by atoms with Crippen molar-refractivity contribution in [1.29, 1.82) is 0 Å². The van der Waals surface area contributed by atoms with Gasteiger partial charge in [0.2, 0.25) is 0 Å². The molecule has 0 spiro atoms. The van der Waals surface area contributed by atoms with Gasteiger partial charge in [-0.05, 0) is 23.1 Å². The summed E-state index contributed by atoms with van der Waals surface area (Å²) in [6.07, 6.45) is 5.50. The van der Waals surface area contributed by atoms with E-state index in [2.05, 4.69) is 44.8 Å². The molecule has 2 aromatic heterocycles. The molecule has 0 aliphatic carbocycles. The highest BCUT2D eigenvalue weighted by Crippen LogP contribution is 2.17. The molecule has 0 radical (unpaired) electrons. The zero-order chi connectivity index (χ0) is 12.2. The van der Waals surface area contributed by atoms with Crippen LogP contribution < -0.4 is 5.32 Å². The predicted octanol–water partition coefficient (Wildman–Crippen LogP) is 2.25. The molecule has 3 rings (SSSR count). The van der Waals surface area contributed by atoms with Gasteiger partial charge in [-0.2, -0.15) is 5.10 Å². The third kappa shape index (κ3) is 2.24. The Morgan fingerprint density at radius 2 is 2.06 bits per heavy atom. The molecule has 0 saturated carbocycles. The molecular formula is C14H14N4. The van der Waals surface area contributed by atoms with Crippen LogP contribution in [0.2, 0.25) is 0 Å². The molecule has 18 heavy (non-hydrogen) atoms. The Morgan fingerprint density at radius 1 is 1.06 bits per heavy atom. The first kappa shape index (κ1) is 10.9. The van der Waals surface area contributed by atoms with Crippen LogP contribution in [0.25, 0.3) is 10.8 Å². The van der Waals surface area contributed by atoms with Gasteiger partial charge in [-0.25, -0.2) is 0 Å². The lowest BCUT2D eigenvalue weighted by Gasteiger charge is -2.07. The minimum atomic E-state index is 0.793. The van der Waals surface area contributed by atoms with Crippen molar-refractivity contribution in [2.24, 2.45) is 0 Å². The topological polar surface area (TPSA) is 53.6 Å². The normalized spacial score (nSPS) is 10.9. The molecule has 2 N–H and O–H groups in total. The second-order valence-electron chi connectivity index (χ2n) is 4.20. The molecule has 0 saturated heterocycles. The first-order valence-corrected chi connectivity index (χ1v) is 5.94. The Morgan fingerprint density at radius 3 is 2.94 bits per heavy atom. The number of benzene rings is 1. The highest BCUT2D eigenvalue weighted by atomic mass is 15.1. The summed E-state index contributed by atoms with van der Waals surface area (Å²) in [4.78, 5) is 4.14. The van der Waals surface area contributed by atoms with Gasteiger partial charge in [0.1, 0.15) is 0 Å². The van der Waals surface area contributed by atoms with Gasteiger partial charge in [-0.15, -0.1) is 0 Å². The van der Waals surface area contributed by atoms with Crippen molar-refractivity contribution >= 4 is 10.8 Å². The van der Waals surface area contributed by atoms with E-state index >= 15 is 0 Å². The summed E-state index contributed by atoms with van der Waals surface area (Å²) in [6.45, 7) is 1.63. The van der Waals surface area contributed by atoms with E-state index in [1.807, 2.05) is 18.5 Å². The van der Waals surface area contributed by atoms with Gasteiger partial charge in [0.05, 0.1) is 0 Å². The number of aromatic amines is 1. The van der Waals surface area contributed by atoms with E-state index in [0.717, 1.165) is 18.8 Å². The molecule has 0 aliphatic rings. The number of H-pyrrole nitrogens is 1. The van der Waals surface area contributed by atoms with Gasteiger partial charge in [0.15, 0.2) is 0 Å². The van der Waals surface area contributed by atoms with Crippen molar-refractivity contribution in [1.82, 2.24) is 20.5 Å². The van der Waals surface area contributed by atoms with E-state index in [0.29, 0.717) is 0 Å². The van der Waals surface area contributed by atoms with Gasteiger partial charge in [-0.3, -0.25) is 10.1 Å². The average molecular weight is 238 g/mol. The van der Waals surface area contributed by atoms with E-state index in [9.17, 15) is 0 Å². The Bertz CT molecular complexity index is 626. The number of hydrogen-bond acceptors (Lipinski definition) is 3. The number of fused-ring (bicyclic) bond motifs is 1. The van der Waals surface area contributed by atoms with Crippen molar-refractivity contribution < 1.29 is 0 Å². The maximum absolute atomic E-state index is 4.14. The summed E-state index contributed by atoms with van der Waals surface area (Å²) in [5.74, 6) is 0. The van der Waals surface area contributed by atoms with Gasteiger partial charge in [-0.1, -0.05) is 18.2 Å². The van der Waals surface area contributed by atoms with Crippen LogP contribution in [0.5, 0.6) is 0 Å². The SMILES string of the molecule is c1cc(CNCc2ccn[nH]2)c2ccncc2c1. The van der Waals surface area contributed by atoms with E-state index in [1.54, 1.807) is 6.20 Å². The second kappa shape index (κ2) is 4.98. The van der Waals surface area contributed by atoms with Crippen LogP contribution in [-0.2, 0) is 13.1 Å². The van der Waals surface area contributed by atoms with E-state index < -0.39 is 0 Å². The maximum Gasteiger partial charge on any atom is 0.0490 e. The molecule has 1 aromatic carbocycles. The largest absolute Gasteiger partial charge is 0.307 e. The molecule has 0 aliphatic heterocycles. The Hall–Kier alpha value is -2.20. The number of nitrogens with zero attached hydrogens (tertiary/aromatic N) is 2. The lowest BCUT2D eigenvalue weighted by molar-refractivity contribution is 0.680. The molecule has 0 bridgehead atoms. The predicted molar refractivity (Wildman–Crippen MR) is 70.9 cm³/mol. The lowest BCUT2D eigenvalue weighted by atomic mass is 10.1. The van der Waals surface area contributed by atoms with Crippen LogP contribution in [0.3, 0.4) is 0 Å². The van der Waals surface area contributed by atoms with E-state index in [1.165, 1.54) is 16.3 Å². The third-order valence-electron chi connectivity index (χ3n) is 2.96. The second-order valence-corrected chi connectivity index (χ2v) is 4.20. The minimum absolute atomic E-state index is 0.793. The summed E-state index contributed by atoms with van der Waals surface area (Å²) >= 11 is 0. The molecule has 90 valence electrons. The summed E-state index contributed by atoms with van der Waals surface area (Å²) in [6, 6.07) is 10.3. The fourth-order valence-corrected chi connectivity index (χ4v) is 2.06. The monoisotopic (exact) mass is 238 g/mol. The summed E-state index contributed by atoms with van der Waals surface area (Å²) in [7, 11) is 0. The highest BCUT2D eigenvalue weighted by molar-refractivity contribution is 5.84. The van der Waals surface area contributed by atoms with E-state index in [-0.39, 0.29) is 0 Å². The van der Waals surface area contributed by atoms with Crippen LogP contribution >= 0.6 is 0 Å². The van der Waals surface area contributed by atoms with Crippen molar-refractivity contribution in [2.75, 3.05) is 0 Å². The van der Waals surface area contributed by atoms with Crippen molar-refractivity contribution in [3.05, 3.63) is 60.2 Å². The number of aromatic nitrogens is 3. The Kier molecular flexibility index (Phi) is 3.02. The Labute approximate surface area is 105 Å². The summed E-state index contributed by atoms with van der Waals surface area (Å²) < 4.78 is 0. The molecular weight excluding hydrogens is 224 g/mol. The summed E-state index contributed by atoms with van der Waals surface area (Å²) in [5.41, 5.74) is 2.38. The minimum Gasteiger partial charge on any atom is -0.307 e. The molecule has 4 nitrogen and oxygen atoms in total. The van der Waals surface area contributed by atoms with Gasteiger partial charge >= 0.3 is 0 Å². The van der Waals surface area contributed by atoms with E-state index in [4.69, 9.17) is 0 Å². The number of pyridine rings is 1. The van der Waals surface area contributed by atoms with Gasteiger partial charge < -0.3 is 5.32 Å². The molecule has 2 heterocycles. The first-order valence-electron chi connectivity index (χ1n) is 5.94. The lowest BCUT2D eigenvalue weighted by Crippen LogP contribution is -2.13. The molecule has 0 fully saturated rings. The highest BCUT2D eigenvalue weighted by Gasteiger charge is 2.00. The first-order chi connectivity index (χ1) is 8.93. The Balaban J connectivity index is 1.74. The maximum atomic E-state index is 4.14. The fraction of sp³-hybridized carbons (Fsp3) is 0.143. The van der Waals surface area contributed by atoms with Crippen molar-refractivity contribution in [3.63, 3.8) is 0 Å². The number of rotatable bonds is 4. The average Bonchev–Trinajstić information content (AvgIpc) is 2.92. The van der Waals surface area contributed by atoms with Crippen molar-refractivity contribution in [3.8, 4) is 0 Å². The molecule has 0 amide bonds. The van der Waals surface area contributed by atoms with Crippen molar-refractivity contribution in [2.45, 2.75) is 13.1 Å².